The number of nitriles is 1. The largest absolute Gasteiger partial charge is 0.365 e. The first-order valence-electron chi connectivity index (χ1n) is 9.22. The van der Waals surface area contributed by atoms with Gasteiger partial charge in [0.15, 0.2) is 5.82 Å². The standard InChI is InChI=1S/C21H22N6O2/c1-13(2)10-18(15-7-5-14(11-22)6-8-15)27-17(4-3-9-25-27)20-24-12-16(19(23)28)21(29)26-20/h3-9,12-13,18,25H,10H2,1-2H3,(H2,23,28)(H,24,26,29). The van der Waals surface area contributed by atoms with Crippen molar-refractivity contribution in [3.63, 3.8) is 0 Å². The van der Waals surface area contributed by atoms with Gasteiger partial charge in [0.2, 0.25) is 0 Å². The molecule has 148 valence electrons. The van der Waals surface area contributed by atoms with Crippen LogP contribution in [0.2, 0.25) is 0 Å². The first kappa shape index (κ1) is 19.9. The summed E-state index contributed by atoms with van der Waals surface area (Å²) in [6, 6.07) is 9.47. The molecule has 1 atom stereocenters. The van der Waals surface area contributed by atoms with E-state index in [1.165, 1.54) is 6.20 Å². The Kier molecular flexibility index (Phi) is 5.79. The second-order valence-corrected chi connectivity index (χ2v) is 7.13. The topological polar surface area (TPSA) is 128 Å². The number of amides is 1. The molecular formula is C21H22N6O2. The molecule has 0 spiro atoms. The van der Waals surface area contributed by atoms with Crippen molar-refractivity contribution >= 4 is 11.6 Å². The lowest BCUT2D eigenvalue weighted by Gasteiger charge is -2.37. The predicted molar refractivity (Wildman–Crippen MR) is 109 cm³/mol. The molecule has 2 heterocycles. The normalized spacial score (nSPS) is 14.1. The van der Waals surface area contributed by atoms with Crippen LogP contribution in [0.5, 0.6) is 0 Å². The van der Waals surface area contributed by atoms with Crippen LogP contribution < -0.4 is 16.7 Å². The number of benzene rings is 1. The number of aromatic amines is 1. The summed E-state index contributed by atoms with van der Waals surface area (Å²) in [5.41, 5.74) is 9.91. The lowest BCUT2D eigenvalue weighted by atomic mass is 9.95. The summed E-state index contributed by atoms with van der Waals surface area (Å²) in [5.74, 6) is -0.124. The Morgan fingerprint density at radius 1 is 1.31 bits per heavy atom. The summed E-state index contributed by atoms with van der Waals surface area (Å²) in [7, 11) is 0. The number of allylic oxidation sites excluding steroid dienone is 2. The number of carbonyl (C=O) groups is 1. The molecule has 29 heavy (non-hydrogen) atoms. The van der Waals surface area contributed by atoms with E-state index in [0.29, 0.717) is 23.0 Å². The van der Waals surface area contributed by atoms with Crippen molar-refractivity contribution in [1.82, 2.24) is 20.4 Å². The quantitative estimate of drug-likeness (QED) is 0.694. The molecule has 4 N–H and O–H groups in total. The first-order valence-corrected chi connectivity index (χ1v) is 9.22. The van der Waals surface area contributed by atoms with Crippen molar-refractivity contribution in [2.75, 3.05) is 0 Å². The zero-order valence-electron chi connectivity index (χ0n) is 16.2. The molecule has 1 aromatic heterocycles. The molecule has 1 aliphatic heterocycles. The van der Waals surface area contributed by atoms with E-state index in [9.17, 15) is 9.59 Å². The Morgan fingerprint density at radius 3 is 2.62 bits per heavy atom. The van der Waals surface area contributed by atoms with E-state index < -0.39 is 11.5 Å². The van der Waals surface area contributed by atoms with Crippen LogP contribution in [-0.2, 0) is 0 Å². The van der Waals surface area contributed by atoms with Crippen molar-refractivity contribution in [3.8, 4) is 6.07 Å². The summed E-state index contributed by atoms with van der Waals surface area (Å²) in [4.78, 5) is 30.4. The van der Waals surface area contributed by atoms with Gasteiger partial charge >= 0.3 is 0 Å². The lowest BCUT2D eigenvalue weighted by Crippen LogP contribution is -2.39. The van der Waals surface area contributed by atoms with E-state index >= 15 is 0 Å². The number of hydrazine groups is 1. The number of carbonyl (C=O) groups excluding carboxylic acids is 1. The molecule has 0 fully saturated rings. The minimum absolute atomic E-state index is 0.0833. The van der Waals surface area contributed by atoms with E-state index in [1.807, 2.05) is 23.2 Å². The third-order valence-corrected chi connectivity index (χ3v) is 4.56. The van der Waals surface area contributed by atoms with E-state index in [-0.39, 0.29) is 11.6 Å². The van der Waals surface area contributed by atoms with E-state index in [2.05, 4.69) is 35.3 Å². The average Bonchev–Trinajstić information content (AvgIpc) is 2.71. The third kappa shape index (κ3) is 4.35. The Morgan fingerprint density at radius 2 is 2.03 bits per heavy atom. The Labute approximate surface area is 168 Å². The van der Waals surface area contributed by atoms with Crippen molar-refractivity contribution in [1.29, 1.82) is 5.26 Å². The van der Waals surface area contributed by atoms with Crippen LogP contribution in [-0.4, -0.2) is 20.9 Å². The van der Waals surface area contributed by atoms with Gasteiger partial charge in [-0.05, 0) is 42.2 Å². The zero-order valence-corrected chi connectivity index (χ0v) is 16.2. The van der Waals surface area contributed by atoms with E-state index in [0.717, 1.165) is 12.0 Å². The highest BCUT2D eigenvalue weighted by Crippen LogP contribution is 2.33. The maximum absolute atomic E-state index is 12.2. The molecule has 0 radical (unpaired) electrons. The smallest absolute Gasteiger partial charge is 0.264 e. The molecule has 1 amide bonds. The summed E-state index contributed by atoms with van der Waals surface area (Å²) in [5, 5.41) is 11.0. The third-order valence-electron chi connectivity index (χ3n) is 4.56. The molecule has 1 aliphatic rings. The van der Waals surface area contributed by atoms with Crippen molar-refractivity contribution in [2.45, 2.75) is 26.3 Å². The van der Waals surface area contributed by atoms with Crippen molar-refractivity contribution in [2.24, 2.45) is 11.7 Å². The first-order chi connectivity index (χ1) is 13.9. The molecule has 8 heteroatoms. The lowest BCUT2D eigenvalue weighted by molar-refractivity contribution is 0.0998. The van der Waals surface area contributed by atoms with Crippen LogP contribution in [0, 0.1) is 17.2 Å². The van der Waals surface area contributed by atoms with Gasteiger partial charge in [0.25, 0.3) is 11.5 Å². The zero-order chi connectivity index (χ0) is 21.0. The van der Waals surface area contributed by atoms with Crippen LogP contribution in [0.25, 0.3) is 5.70 Å². The number of aromatic nitrogens is 2. The molecule has 2 aromatic rings. The van der Waals surface area contributed by atoms with Gasteiger partial charge in [-0.3, -0.25) is 14.6 Å². The minimum Gasteiger partial charge on any atom is -0.365 e. The molecule has 0 saturated heterocycles. The number of hydrogen-bond acceptors (Lipinski definition) is 6. The fourth-order valence-electron chi connectivity index (χ4n) is 3.18. The fraction of sp³-hybridized carbons (Fsp3) is 0.238. The maximum Gasteiger partial charge on any atom is 0.264 e. The van der Waals surface area contributed by atoms with Gasteiger partial charge in [-0.25, -0.2) is 4.98 Å². The summed E-state index contributed by atoms with van der Waals surface area (Å²) >= 11 is 0. The van der Waals surface area contributed by atoms with Gasteiger partial charge in [0, 0.05) is 12.4 Å². The number of H-pyrrole nitrogens is 1. The summed E-state index contributed by atoms with van der Waals surface area (Å²) < 4.78 is 0. The summed E-state index contributed by atoms with van der Waals surface area (Å²) in [6.07, 6.45) is 7.42. The number of nitrogens with two attached hydrogens (primary N) is 1. The van der Waals surface area contributed by atoms with Gasteiger partial charge in [-0.2, -0.15) is 5.26 Å². The van der Waals surface area contributed by atoms with Crippen LogP contribution in [0.4, 0.5) is 0 Å². The maximum atomic E-state index is 12.2. The molecular weight excluding hydrogens is 368 g/mol. The molecule has 0 saturated carbocycles. The highest BCUT2D eigenvalue weighted by molar-refractivity contribution is 5.92. The molecule has 3 rings (SSSR count). The highest BCUT2D eigenvalue weighted by atomic mass is 16.2. The van der Waals surface area contributed by atoms with Gasteiger partial charge < -0.3 is 16.1 Å². The minimum atomic E-state index is -0.826. The molecule has 1 unspecified atom stereocenters. The molecule has 0 aliphatic carbocycles. The van der Waals surface area contributed by atoms with E-state index in [4.69, 9.17) is 11.0 Å². The SMILES string of the molecule is CC(C)CC(c1ccc(C#N)cc1)N1NC=CC=C1c1ncc(C(N)=O)c(=O)[nH]1. The second-order valence-electron chi connectivity index (χ2n) is 7.13. The van der Waals surface area contributed by atoms with E-state index in [1.54, 1.807) is 24.4 Å². The fourth-order valence-corrected chi connectivity index (χ4v) is 3.18. The molecule has 8 nitrogen and oxygen atoms in total. The number of nitrogens with one attached hydrogen (secondary N) is 2. The monoisotopic (exact) mass is 390 g/mol. The van der Waals surface area contributed by atoms with Gasteiger partial charge in [0.05, 0.1) is 17.7 Å². The number of nitrogens with zero attached hydrogens (tertiary/aromatic N) is 3. The Hall–Kier alpha value is -3.86. The predicted octanol–water partition coefficient (Wildman–Crippen LogP) is 2.20. The Bertz CT molecular complexity index is 1060. The molecule has 0 bridgehead atoms. The number of hydrogen-bond donors (Lipinski definition) is 3. The van der Waals surface area contributed by atoms with Crippen LogP contribution >= 0.6 is 0 Å². The van der Waals surface area contributed by atoms with Gasteiger partial charge in [0.1, 0.15) is 11.3 Å². The highest BCUT2D eigenvalue weighted by Gasteiger charge is 2.26. The van der Waals surface area contributed by atoms with Crippen molar-refractivity contribution in [3.05, 3.63) is 81.7 Å². The number of primary amides is 1. The van der Waals surface area contributed by atoms with Crippen LogP contribution in [0.1, 0.15) is 53.6 Å². The average molecular weight is 390 g/mol. The van der Waals surface area contributed by atoms with Crippen LogP contribution in [0.15, 0.2) is 53.6 Å². The van der Waals surface area contributed by atoms with Crippen LogP contribution in [0.3, 0.4) is 0 Å². The number of rotatable bonds is 6. The summed E-state index contributed by atoms with van der Waals surface area (Å²) in [6.45, 7) is 4.25. The van der Waals surface area contributed by atoms with Gasteiger partial charge in [-0.1, -0.05) is 26.0 Å². The Balaban J connectivity index is 2.02. The second kappa shape index (κ2) is 8.44. The van der Waals surface area contributed by atoms with Crippen molar-refractivity contribution < 1.29 is 4.79 Å². The van der Waals surface area contributed by atoms with Gasteiger partial charge in [-0.15, -0.1) is 0 Å². The molecule has 1 aromatic carbocycles.